The average molecular weight is 204 g/mol. The summed E-state index contributed by atoms with van der Waals surface area (Å²) in [6.45, 7) is 9.10. The topological polar surface area (TPSA) is 26.3 Å². The quantitative estimate of drug-likeness (QED) is 0.556. The van der Waals surface area contributed by atoms with Crippen molar-refractivity contribution in [2.24, 2.45) is 0 Å². The molecule has 1 aromatic rings. The van der Waals surface area contributed by atoms with Gasteiger partial charge in [0.25, 0.3) is 0 Å². The fourth-order valence-electron chi connectivity index (χ4n) is 1.10. The Labute approximate surface area is 90.6 Å². The molecule has 0 atom stereocenters. The molecule has 0 amide bonds. The molecule has 0 aliphatic heterocycles. The number of rotatable bonds is 4. The van der Waals surface area contributed by atoms with Gasteiger partial charge in [-0.1, -0.05) is 6.58 Å². The lowest BCUT2D eigenvalue weighted by Crippen LogP contribution is -2.24. The van der Waals surface area contributed by atoms with Crippen LogP contribution in [0.15, 0.2) is 36.9 Å². The predicted molar refractivity (Wildman–Crippen MR) is 61.4 cm³/mol. The molecule has 0 unspecified atom stereocenters. The summed E-state index contributed by atoms with van der Waals surface area (Å²) in [5, 5.41) is 0. The van der Waals surface area contributed by atoms with Gasteiger partial charge in [-0.05, 0) is 51.1 Å². The fraction of sp³-hybridized carbons (Fsp3) is 0.308. The Morgan fingerprint density at radius 1 is 1.33 bits per heavy atom. The number of hydrogen-bond donors (Lipinski definition) is 0. The summed E-state index contributed by atoms with van der Waals surface area (Å²) in [5.41, 5.74) is 0.302. The first-order chi connectivity index (χ1) is 6.94. The molecule has 0 heterocycles. The van der Waals surface area contributed by atoms with Gasteiger partial charge in [0.15, 0.2) is 5.78 Å². The van der Waals surface area contributed by atoms with Gasteiger partial charge in [-0.25, -0.2) is 0 Å². The van der Waals surface area contributed by atoms with Crippen LogP contribution in [0.4, 0.5) is 0 Å². The molecule has 0 aliphatic carbocycles. The van der Waals surface area contributed by atoms with Gasteiger partial charge in [0.1, 0.15) is 11.4 Å². The molecular weight excluding hydrogens is 188 g/mol. The predicted octanol–water partition coefficient (Wildman–Crippen LogP) is 3.23. The number of benzene rings is 1. The Morgan fingerprint density at radius 3 is 2.27 bits per heavy atom. The monoisotopic (exact) mass is 204 g/mol. The van der Waals surface area contributed by atoms with E-state index in [0.717, 1.165) is 5.75 Å². The lowest BCUT2D eigenvalue weighted by molar-refractivity contribution is 0.101. The van der Waals surface area contributed by atoms with Crippen molar-refractivity contribution in [3.05, 3.63) is 42.5 Å². The van der Waals surface area contributed by atoms with Crippen LogP contribution in [0.3, 0.4) is 0 Å². The summed E-state index contributed by atoms with van der Waals surface area (Å²) in [4.78, 5) is 11.0. The van der Waals surface area contributed by atoms with Gasteiger partial charge in [-0.3, -0.25) is 4.79 Å². The molecule has 0 radical (unpaired) electrons. The highest BCUT2D eigenvalue weighted by atomic mass is 16.5. The van der Waals surface area contributed by atoms with Gasteiger partial charge in [0.05, 0.1) is 0 Å². The van der Waals surface area contributed by atoms with Crippen molar-refractivity contribution in [3.8, 4) is 5.75 Å². The summed E-state index contributed by atoms with van der Waals surface area (Å²) in [6, 6.07) is 7.11. The van der Waals surface area contributed by atoms with E-state index in [1.807, 2.05) is 13.8 Å². The molecule has 0 aromatic heterocycles. The van der Waals surface area contributed by atoms with Crippen LogP contribution in [0, 0.1) is 0 Å². The van der Waals surface area contributed by atoms with Gasteiger partial charge in [-0.2, -0.15) is 0 Å². The van der Waals surface area contributed by atoms with Crippen LogP contribution in [-0.2, 0) is 0 Å². The van der Waals surface area contributed by atoms with E-state index >= 15 is 0 Å². The van der Waals surface area contributed by atoms with Crippen molar-refractivity contribution in [3.63, 3.8) is 0 Å². The first kappa shape index (κ1) is 11.5. The van der Waals surface area contributed by atoms with Crippen molar-refractivity contribution in [2.75, 3.05) is 0 Å². The van der Waals surface area contributed by atoms with E-state index in [2.05, 4.69) is 6.58 Å². The van der Waals surface area contributed by atoms with E-state index in [0.29, 0.717) is 5.56 Å². The fourth-order valence-corrected chi connectivity index (χ4v) is 1.10. The molecule has 0 bridgehead atoms. The van der Waals surface area contributed by atoms with E-state index in [-0.39, 0.29) is 5.78 Å². The van der Waals surface area contributed by atoms with Gasteiger partial charge in [0.2, 0.25) is 0 Å². The van der Waals surface area contributed by atoms with E-state index < -0.39 is 5.60 Å². The first-order valence-electron chi connectivity index (χ1n) is 4.88. The van der Waals surface area contributed by atoms with E-state index in [4.69, 9.17) is 4.74 Å². The van der Waals surface area contributed by atoms with Crippen LogP contribution in [0.2, 0.25) is 0 Å². The largest absolute Gasteiger partial charge is 0.484 e. The number of ketones is 1. The third-order valence-corrected chi connectivity index (χ3v) is 2.13. The molecule has 0 saturated heterocycles. The summed E-state index contributed by atoms with van der Waals surface area (Å²) >= 11 is 0. The molecule has 0 aliphatic rings. The molecule has 80 valence electrons. The number of Topliss-reactive ketones (excluding diaryl/α,β-unsaturated/α-hetero) is 1. The molecule has 0 spiro atoms. The zero-order chi connectivity index (χ0) is 11.5. The highest BCUT2D eigenvalue weighted by molar-refractivity contribution is 5.94. The number of carbonyl (C=O) groups excluding carboxylic acids is 1. The molecule has 2 heteroatoms. The molecule has 15 heavy (non-hydrogen) atoms. The summed E-state index contributed by atoms with van der Waals surface area (Å²) in [6.07, 6.45) is 1.74. The average Bonchev–Trinajstić information content (AvgIpc) is 2.18. The Hall–Kier alpha value is -1.57. The zero-order valence-corrected chi connectivity index (χ0v) is 9.41. The Kier molecular flexibility index (Phi) is 3.30. The van der Waals surface area contributed by atoms with Crippen molar-refractivity contribution in [2.45, 2.75) is 26.4 Å². The van der Waals surface area contributed by atoms with E-state index in [9.17, 15) is 4.79 Å². The second kappa shape index (κ2) is 4.30. The Morgan fingerprint density at radius 2 is 1.87 bits per heavy atom. The molecule has 2 nitrogen and oxygen atoms in total. The standard InChI is InChI=1S/C13H16O2/c1-5-13(3,4)15-12-8-6-11(7-9-12)10(2)14/h5-9H,1H2,2-4H3. The normalized spacial score (nSPS) is 10.9. The SMILES string of the molecule is C=CC(C)(C)Oc1ccc(C(C)=O)cc1. The molecule has 0 fully saturated rings. The van der Waals surface area contributed by atoms with Crippen LogP contribution in [-0.4, -0.2) is 11.4 Å². The Bertz CT molecular complexity index is 361. The van der Waals surface area contributed by atoms with Crippen molar-refractivity contribution < 1.29 is 9.53 Å². The minimum absolute atomic E-state index is 0.0598. The van der Waals surface area contributed by atoms with Crippen molar-refractivity contribution in [1.29, 1.82) is 0 Å². The van der Waals surface area contributed by atoms with Gasteiger partial charge >= 0.3 is 0 Å². The number of carbonyl (C=O) groups is 1. The molecule has 0 saturated carbocycles. The highest BCUT2D eigenvalue weighted by Gasteiger charge is 2.14. The van der Waals surface area contributed by atoms with Crippen molar-refractivity contribution in [1.82, 2.24) is 0 Å². The molecule has 1 rings (SSSR count). The second-order valence-electron chi connectivity index (χ2n) is 3.99. The lowest BCUT2D eigenvalue weighted by Gasteiger charge is -2.22. The molecule has 0 N–H and O–H groups in total. The minimum Gasteiger partial charge on any atom is -0.484 e. The van der Waals surface area contributed by atoms with Crippen LogP contribution in [0.25, 0.3) is 0 Å². The van der Waals surface area contributed by atoms with Crippen LogP contribution in [0.5, 0.6) is 5.75 Å². The van der Waals surface area contributed by atoms with E-state index in [1.165, 1.54) is 0 Å². The Balaban J connectivity index is 2.81. The number of ether oxygens (including phenoxy) is 1. The molecule has 1 aromatic carbocycles. The number of hydrogen-bond acceptors (Lipinski definition) is 2. The van der Waals surface area contributed by atoms with E-state index in [1.54, 1.807) is 37.3 Å². The highest BCUT2D eigenvalue weighted by Crippen LogP contribution is 2.19. The maximum Gasteiger partial charge on any atom is 0.159 e. The smallest absolute Gasteiger partial charge is 0.159 e. The lowest BCUT2D eigenvalue weighted by atomic mass is 10.1. The summed E-state index contributed by atoms with van der Waals surface area (Å²) < 4.78 is 5.66. The van der Waals surface area contributed by atoms with Gasteiger partial charge < -0.3 is 4.74 Å². The summed E-state index contributed by atoms with van der Waals surface area (Å²) in [7, 11) is 0. The minimum atomic E-state index is -0.391. The maximum atomic E-state index is 11.0. The maximum absolute atomic E-state index is 11.0. The first-order valence-corrected chi connectivity index (χ1v) is 4.88. The van der Waals surface area contributed by atoms with Gasteiger partial charge in [-0.15, -0.1) is 0 Å². The van der Waals surface area contributed by atoms with Crippen LogP contribution in [0.1, 0.15) is 31.1 Å². The molecular formula is C13H16O2. The second-order valence-corrected chi connectivity index (χ2v) is 3.99. The van der Waals surface area contributed by atoms with Gasteiger partial charge in [0, 0.05) is 5.56 Å². The van der Waals surface area contributed by atoms with Crippen molar-refractivity contribution >= 4 is 5.78 Å². The van der Waals surface area contributed by atoms with Crippen LogP contribution < -0.4 is 4.74 Å². The third kappa shape index (κ3) is 3.24. The zero-order valence-electron chi connectivity index (χ0n) is 9.41. The summed E-state index contributed by atoms with van der Waals surface area (Å²) in [5.74, 6) is 0.800. The third-order valence-electron chi connectivity index (χ3n) is 2.13. The van der Waals surface area contributed by atoms with Crippen LogP contribution >= 0.6 is 0 Å².